The van der Waals surface area contributed by atoms with Crippen LogP contribution < -0.4 is 4.90 Å². The fourth-order valence-corrected chi connectivity index (χ4v) is 4.12. The van der Waals surface area contributed by atoms with Crippen LogP contribution in [0.15, 0.2) is 71.6 Å². The van der Waals surface area contributed by atoms with Gasteiger partial charge in [0.15, 0.2) is 5.78 Å². The first kappa shape index (κ1) is 20.3. The number of nitrogens with one attached hydrogen (secondary N) is 1. The van der Waals surface area contributed by atoms with Crippen LogP contribution in [0.4, 0.5) is 5.69 Å². The van der Waals surface area contributed by atoms with Crippen molar-refractivity contribution in [3.63, 3.8) is 0 Å². The quantitative estimate of drug-likeness (QED) is 0.254. The van der Waals surface area contributed by atoms with Crippen molar-refractivity contribution in [2.45, 2.75) is 32.1 Å². The minimum atomic E-state index is -0.548. The molecule has 1 aromatic carbocycles. The number of thiol groups is 1. The highest BCUT2D eigenvalue weighted by Crippen LogP contribution is 2.38. The summed E-state index contributed by atoms with van der Waals surface area (Å²) in [4.78, 5) is 23.9. The van der Waals surface area contributed by atoms with E-state index >= 15 is 0 Å². The van der Waals surface area contributed by atoms with E-state index in [0.717, 1.165) is 31.2 Å². The predicted octanol–water partition coefficient (Wildman–Crippen LogP) is 3.31. The average molecular weight is 398 g/mol. The van der Waals surface area contributed by atoms with Gasteiger partial charge in [-0.1, -0.05) is 18.2 Å². The molecule has 0 radical (unpaired) electrons. The third kappa shape index (κ3) is 3.88. The van der Waals surface area contributed by atoms with Gasteiger partial charge in [-0.25, -0.2) is 0 Å². The first-order valence-corrected chi connectivity index (χ1v) is 10.1. The zero-order valence-electron chi connectivity index (χ0n) is 16.1. The van der Waals surface area contributed by atoms with Gasteiger partial charge < -0.3 is 0 Å². The number of quaternary nitrogens is 1. The summed E-state index contributed by atoms with van der Waals surface area (Å²) in [7, 11) is 0. The largest absolute Gasteiger partial charge is 0.289 e. The summed E-state index contributed by atoms with van der Waals surface area (Å²) >= 11 is 4.32. The van der Waals surface area contributed by atoms with E-state index in [0.29, 0.717) is 5.57 Å². The van der Waals surface area contributed by atoms with E-state index in [1.165, 1.54) is 34.0 Å². The number of carbonyl (C=O) groups excluding carboxylic acids is 1. The Bertz CT molecular complexity index is 925. The van der Waals surface area contributed by atoms with Crippen molar-refractivity contribution in [3.05, 3.63) is 87.3 Å². The highest BCUT2D eigenvalue weighted by atomic mass is 32.1. The van der Waals surface area contributed by atoms with E-state index in [-0.39, 0.29) is 16.9 Å². The van der Waals surface area contributed by atoms with Gasteiger partial charge in [0.05, 0.1) is 23.0 Å². The molecule has 0 spiro atoms. The summed E-state index contributed by atoms with van der Waals surface area (Å²) in [5.74, 6) is 0.530. The highest BCUT2D eigenvalue weighted by molar-refractivity contribution is 7.80. The monoisotopic (exact) mass is 397 g/mol. The molecular weight excluding hydrogens is 372 g/mol. The second-order valence-electron chi connectivity index (χ2n) is 7.56. The number of nitro groups is 1. The Kier molecular flexibility index (Phi) is 6.01. The molecule has 6 heteroatoms. The van der Waals surface area contributed by atoms with Crippen LogP contribution in [0.2, 0.25) is 0 Å². The lowest BCUT2D eigenvalue weighted by molar-refractivity contribution is -0.789. The Morgan fingerprint density at radius 3 is 2.61 bits per heavy atom. The van der Waals surface area contributed by atoms with Crippen LogP contribution in [0.3, 0.4) is 0 Å². The van der Waals surface area contributed by atoms with Crippen LogP contribution in [0.25, 0.3) is 0 Å². The molecule has 0 saturated heterocycles. The maximum absolute atomic E-state index is 12.2. The number of hydrogen-bond acceptors (Lipinski definition) is 4. The van der Waals surface area contributed by atoms with Gasteiger partial charge in [0, 0.05) is 17.2 Å². The number of fused-ring (bicyclic) bond motifs is 1. The van der Waals surface area contributed by atoms with Gasteiger partial charge in [-0.15, -0.1) is 0 Å². The third-order valence-electron chi connectivity index (χ3n) is 5.40. The van der Waals surface area contributed by atoms with Crippen molar-refractivity contribution >= 4 is 24.1 Å². The van der Waals surface area contributed by atoms with Crippen LogP contribution in [0.5, 0.6) is 0 Å². The van der Waals surface area contributed by atoms with Gasteiger partial charge in [-0.2, -0.15) is 12.6 Å². The van der Waals surface area contributed by atoms with Gasteiger partial charge in [0.25, 0.3) is 5.70 Å². The molecule has 1 aliphatic heterocycles. The lowest BCUT2D eigenvalue weighted by Gasteiger charge is -2.21. The first-order chi connectivity index (χ1) is 13.4. The van der Waals surface area contributed by atoms with Crippen molar-refractivity contribution < 1.29 is 14.6 Å². The number of benzene rings is 1. The average Bonchev–Trinajstić information content (AvgIpc) is 2.88. The molecule has 0 fully saturated rings. The Balaban J connectivity index is 1.95. The van der Waals surface area contributed by atoms with Crippen molar-refractivity contribution in [1.29, 1.82) is 0 Å². The van der Waals surface area contributed by atoms with Crippen LogP contribution in [-0.2, 0) is 10.2 Å². The van der Waals surface area contributed by atoms with Crippen LogP contribution in [0.1, 0.15) is 32.3 Å². The molecule has 1 unspecified atom stereocenters. The number of allylic oxidation sites excluding steroid dienone is 7. The molecule has 0 amide bonds. The molecule has 1 aromatic rings. The Labute approximate surface area is 170 Å². The number of nitrogens with zero attached hydrogens (tertiary/aromatic N) is 1. The zero-order chi connectivity index (χ0) is 20.3. The molecule has 0 aromatic heterocycles. The van der Waals surface area contributed by atoms with Gasteiger partial charge in [-0.3, -0.25) is 19.8 Å². The Morgan fingerprint density at radius 1 is 1.18 bits per heavy atom. The molecule has 28 heavy (non-hydrogen) atoms. The van der Waals surface area contributed by atoms with Crippen molar-refractivity contribution in [2.75, 3.05) is 12.3 Å². The Morgan fingerprint density at radius 2 is 1.93 bits per heavy atom. The van der Waals surface area contributed by atoms with Gasteiger partial charge >= 0.3 is 0 Å². The Hall–Kier alpha value is -2.44. The summed E-state index contributed by atoms with van der Waals surface area (Å²) < 4.78 is 0. The van der Waals surface area contributed by atoms with E-state index < -0.39 is 4.92 Å². The summed E-state index contributed by atoms with van der Waals surface area (Å²) in [6.07, 6.45) is 9.89. The van der Waals surface area contributed by atoms with Crippen molar-refractivity contribution in [2.24, 2.45) is 0 Å². The van der Waals surface area contributed by atoms with Crippen LogP contribution in [-0.4, -0.2) is 23.0 Å². The zero-order valence-corrected chi connectivity index (χ0v) is 17.0. The summed E-state index contributed by atoms with van der Waals surface area (Å²) in [6, 6.07) is 8.45. The minimum Gasteiger partial charge on any atom is -0.289 e. The molecule has 2 aliphatic rings. The standard InChI is InChI=1S/C22H24N2O3S/c1-22(2)18-7-3-4-8-19(18)23(13-5-6-14-28)21(22)12-10-16-9-11-17(24(26)27)15-20(16)25/h3-4,7-12,15,28H,5-6,13-14H2,1-2H3/p+1. The lowest BCUT2D eigenvalue weighted by Crippen LogP contribution is -3.04. The van der Waals surface area contributed by atoms with Gasteiger partial charge in [0.2, 0.25) is 0 Å². The van der Waals surface area contributed by atoms with Crippen molar-refractivity contribution in [1.82, 2.24) is 0 Å². The van der Waals surface area contributed by atoms with E-state index in [2.05, 4.69) is 50.7 Å². The maximum Gasteiger partial charge on any atom is 0.273 e. The SMILES string of the molecule is CC1(C)C(=CC=C2C=CC([N+](=O)[O-])=CC2=O)[NH+](CCCCS)c2ccccc21. The molecule has 146 valence electrons. The second kappa shape index (κ2) is 8.29. The minimum absolute atomic E-state index is 0.160. The fraction of sp³-hybridized carbons (Fsp3) is 0.318. The first-order valence-electron chi connectivity index (χ1n) is 9.44. The maximum atomic E-state index is 12.2. The summed E-state index contributed by atoms with van der Waals surface area (Å²) in [6.45, 7) is 5.36. The molecule has 3 rings (SSSR count). The third-order valence-corrected chi connectivity index (χ3v) is 5.71. The predicted molar refractivity (Wildman–Crippen MR) is 113 cm³/mol. The highest BCUT2D eigenvalue weighted by Gasteiger charge is 2.44. The number of para-hydroxylation sites is 1. The number of unbranched alkanes of at least 4 members (excludes halogenated alkanes) is 1. The molecule has 0 bridgehead atoms. The van der Waals surface area contributed by atoms with Crippen LogP contribution >= 0.6 is 12.6 Å². The van der Waals surface area contributed by atoms with Gasteiger partial charge in [-0.05, 0) is 56.7 Å². The summed E-state index contributed by atoms with van der Waals surface area (Å²) in [5.41, 5.74) is 3.89. The number of rotatable bonds is 6. The topological polar surface area (TPSA) is 64.7 Å². The molecule has 1 N–H and O–H groups in total. The second-order valence-corrected chi connectivity index (χ2v) is 8.00. The van der Waals surface area contributed by atoms with E-state index in [9.17, 15) is 14.9 Å². The van der Waals surface area contributed by atoms with Crippen LogP contribution in [0, 0.1) is 10.1 Å². The lowest BCUT2D eigenvalue weighted by atomic mass is 9.83. The van der Waals surface area contributed by atoms with Gasteiger partial charge in [0.1, 0.15) is 11.4 Å². The van der Waals surface area contributed by atoms with E-state index in [1.807, 2.05) is 6.08 Å². The smallest absolute Gasteiger partial charge is 0.273 e. The molecular formula is C22H25N2O3S+. The van der Waals surface area contributed by atoms with Crippen molar-refractivity contribution in [3.8, 4) is 0 Å². The number of ketones is 1. The fourth-order valence-electron chi connectivity index (χ4n) is 3.90. The molecule has 5 nitrogen and oxygen atoms in total. The summed E-state index contributed by atoms with van der Waals surface area (Å²) in [5, 5.41) is 10.8. The molecule has 1 heterocycles. The molecule has 0 saturated carbocycles. The number of hydrogen-bond donors (Lipinski definition) is 2. The normalized spacial score (nSPS) is 23.2. The number of carbonyl (C=O) groups is 1. The molecule has 1 aliphatic carbocycles. The molecule has 1 atom stereocenters. The van der Waals surface area contributed by atoms with E-state index in [1.54, 1.807) is 6.08 Å². The van der Waals surface area contributed by atoms with E-state index in [4.69, 9.17) is 0 Å².